The molecule has 5 atom stereocenters. The average molecular weight is 689 g/mol. The average Bonchev–Trinajstić information content (AvgIpc) is 3.55. The Morgan fingerprint density at radius 1 is 1.18 bits per heavy atom. The van der Waals surface area contributed by atoms with Crippen LogP contribution in [0.1, 0.15) is 51.0 Å². The highest BCUT2D eigenvalue weighted by Gasteiger charge is 2.61. The molecule has 14 nitrogen and oxygen atoms in total. The summed E-state index contributed by atoms with van der Waals surface area (Å²) in [5.41, 5.74) is 0.474. The van der Waals surface area contributed by atoms with E-state index in [0.29, 0.717) is 35.0 Å². The molecule has 4 heterocycles. The summed E-state index contributed by atoms with van der Waals surface area (Å²) in [5.74, 6) is -1.77. The van der Waals surface area contributed by atoms with E-state index in [1.165, 1.54) is 27.1 Å². The van der Waals surface area contributed by atoms with Crippen molar-refractivity contribution in [3.8, 4) is 27.7 Å². The highest BCUT2D eigenvalue weighted by molar-refractivity contribution is 7.13. The zero-order valence-electron chi connectivity index (χ0n) is 27.2. The second-order valence-corrected chi connectivity index (χ2v) is 13.4. The van der Waals surface area contributed by atoms with Gasteiger partial charge in [-0.05, 0) is 49.9 Å². The minimum Gasteiger partial charge on any atom is -0.497 e. The van der Waals surface area contributed by atoms with Gasteiger partial charge < -0.3 is 30.7 Å². The third-order valence-electron chi connectivity index (χ3n) is 9.30. The van der Waals surface area contributed by atoms with E-state index < -0.39 is 47.5 Å². The molecule has 1 aromatic carbocycles. The van der Waals surface area contributed by atoms with Crippen molar-refractivity contribution in [1.29, 1.82) is 0 Å². The Labute approximate surface area is 287 Å². The lowest BCUT2D eigenvalue weighted by atomic mass is 10.0. The molecule has 0 bridgehead atoms. The summed E-state index contributed by atoms with van der Waals surface area (Å²) in [6.45, 7) is 3.91. The summed E-state index contributed by atoms with van der Waals surface area (Å²) >= 11 is 1.41. The Morgan fingerprint density at radius 2 is 1.98 bits per heavy atom. The van der Waals surface area contributed by atoms with Gasteiger partial charge in [0.05, 0.1) is 13.2 Å². The second kappa shape index (κ2) is 14.6. The van der Waals surface area contributed by atoms with Gasteiger partial charge in [0.2, 0.25) is 11.8 Å². The van der Waals surface area contributed by atoms with E-state index in [9.17, 15) is 24.3 Å². The summed E-state index contributed by atoms with van der Waals surface area (Å²) < 4.78 is 5.32. The standard InChI is InChI=1S/C34H40N8O6S/c1-3-15-36-33(47)37-25-10-8-6-4-5-7-9-22-19-34(22,32(45)46)38-29(43)26-18-23(20-41(26)31(25)44)42-39-27(21-11-13-24(48-2)14-12-21)28(40-42)30-35-16-17-49-30/h3,7,9,11-14,16-17,22-23,25-26H,1,4-6,8,10,15,18-20H2,2H3,(H,38,43)(H,45,46)(H2,36,37,47)/t22-,23-,25-,26+,34+/m1/s1. The summed E-state index contributed by atoms with van der Waals surface area (Å²) in [7, 11) is 1.59. The lowest BCUT2D eigenvalue weighted by molar-refractivity contribution is -0.145. The van der Waals surface area contributed by atoms with Crippen LogP contribution in [-0.2, 0) is 14.4 Å². The maximum atomic E-state index is 14.3. The summed E-state index contributed by atoms with van der Waals surface area (Å²) in [6, 6.07) is 4.41. The van der Waals surface area contributed by atoms with E-state index in [1.54, 1.807) is 13.3 Å². The number of carboxylic acid groups (broad SMARTS) is 1. The lowest BCUT2D eigenvalue weighted by Gasteiger charge is -2.29. The number of nitrogens with one attached hydrogen (secondary N) is 3. The number of aromatic nitrogens is 4. The molecule has 1 saturated heterocycles. The van der Waals surface area contributed by atoms with Crippen LogP contribution in [0.3, 0.4) is 0 Å². The first kappa shape index (κ1) is 33.8. The molecule has 0 unspecified atom stereocenters. The zero-order valence-corrected chi connectivity index (χ0v) is 28.0. The number of thiazole rings is 1. The van der Waals surface area contributed by atoms with Crippen molar-refractivity contribution in [3.63, 3.8) is 0 Å². The monoisotopic (exact) mass is 688 g/mol. The molecule has 4 N–H and O–H groups in total. The molecule has 0 spiro atoms. The molecule has 1 aliphatic carbocycles. The predicted molar refractivity (Wildman–Crippen MR) is 182 cm³/mol. The van der Waals surface area contributed by atoms with Crippen LogP contribution in [-0.4, -0.2) is 91.6 Å². The van der Waals surface area contributed by atoms with Crippen LogP contribution in [0, 0.1) is 5.92 Å². The van der Waals surface area contributed by atoms with Gasteiger partial charge in [0.1, 0.15) is 39.8 Å². The Hall–Kier alpha value is -5.05. The number of hydrogen-bond acceptors (Lipinski definition) is 9. The fourth-order valence-electron chi connectivity index (χ4n) is 6.53. The van der Waals surface area contributed by atoms with E-state index >= 15 is 0 Å². The number of carboxylic acids is 1. The number of hydrogen-bond donors (Lipinski definition) is 4. The van der Waals surface area contributed by atoms with E-state index in [2.05, 4.69) is 27.5 Å². The molecule has 4 amide bonds. The van der Waals surface area contributed by atoms with Crippen molar-refractivity contribution < 1.29 is 29.0 Å². The third kappa shape index (κ3) is 7.21. The smallest absolute Gasteiger partial charge is 0.330 e. The van der Waals surface area contributed by atoms with Crippen molar-refractivity contribution in [2.45, 2.75) is 68.6 Å². The predicted octanol–water partition coefficient (Wildman–Crippen LogP) is 3.55. The highest BCUT2D eigenvalue weighted by atomic mass is 32.1. The number of benzene rings is 1. The van der Waals surface area contributed by atoms with Crippen molar-refractivity contribution >= 4 is 35.2 Å². The molecule has 258 valence electrons. The molecule has 2 fully saturated rings. The van der Waals surface area contributed by atoms with Crippen molar-refractivity contribution in [2.75, 3.05) is 20.2 Å². The molecule has 1 saturated carbocycles. The minimum absolute atomic E-state index is 0.0703. The van der Waals surface area contributed by atoms with Crippen LogP contribution in [0.2, 0.25) is 0 Å². The second-order valence-electron chi connectivity index (χ2n) is 12.5. The zero-order chi connectivity index (χ0) is 34.5. The molecule has 0 radical (unpaired) electrons. The number of amides is 4. The first-order valence-electron chi connectivity index (χ1n) is 16.4. The number of allylic oxidation sites excluding steroid dienone is 1. The topological polar surface area (TPSA) is 181 Å². The molecule has 6 rings (SSSR count). The van der Waals surface area contributed by atoms with Gasteiger partial charge in [0.15, 0.2) is 0 Å². The maximum absolute atomic E-state index is 14.3. The first-order chi connectivity index (χ1) is 23.7. The number of carbonyl (C=O) groups excluding carboxylic acids is 3. The Morgan fingerprint density at radius 3 is 2.69 bits per heavy atom. The van der Waals surface area contributed by atoms with Gasteiger partial charge in [-0.1, -0.05) is 31.1 Å². The largest absolute Gasteiger partial charge is 0.497 e. The van der Waals surface area contributed by atoms with Crippen molar-refractivity contribution in [3.05, 3.63) is 60.6 Å². The molecule has 2 aromatic heterocycles. The number of fused-ring (bicyclic) bond motifs is 2. The van der Waals surface area contributed by atoms with Crippen molar-refractivity contribution in [1.82, 2.24) is 40.8 Å². The molecule has 3 aliphatic rings. The Balaban J connectivity index is 1.35. The van der Waals surface area contributed by atoms with E-state index in [-0.39, 0.29) is 31.8 Å². The number of ether oxygens (including phenoxy) is 1. The number of carbonyl (C=O) groups is 4. The molecule has 2 aliphatic heterocycles. The van der Waals surface area contributed by atoms with Gasteiger partial charge >= 0.3 is 12.0 Å². The van der Waals surface area contributed by atoms with E-state index in [0.717, 1.165) is 24.8 Å². The van der Waals surface area contributed by atoms with E-state index in [1.807, 2.05) is 41.8 Å². The lowest BCUT2D eigenvalue weighted by Crippen LogP contribution is -2.57. The summed E-state index contributed by atoms with van der Waals surface area (Å²) in [5, 5.41) is 30.6. The first-order valence-corrected chi connectivity index (χ1v) is 17.3. The van der Waals surface area contributed by atoms with Crippen LogP contribution >= 0.6 is 11.3 Å². The fourth-order valence-corrected chi connectivity index (χ4v) is 7.15. The van der Waals surface area contributed by atoms with Gasteiger partial charge in [-0.15, -0.1) is 23.0 Å². The quantitative estimate of drug-likeness (QED) is 0.258. The van der Waals surface area contributed by atoms with Crippen LogP contribution in [0.25, 0.3) is 22.0 Å². The highest BCUT2D eigenvalue weighted by Crippen LogP contribution is 2.45. The minimum atomic E-state index is -1.44. The molecule has 49 heavy (non-hydrogen) atoms. The van der Waals surface area contributed by atoms with Crippen LogP contribution in [0.5, 0.6) is 5.75 Å². The normalized spacial score (nSPS) is 25.6. The van der Waals surface area contributed by atoms with Gasteiger partial charge in [-0.25, -0.2) is 14.6 Å². The van der Waals surface area contributed by atoms with Crippen LogP contribution in [0.4, 0.5) is 4.79 Å². The number of urea groups is 1. The molecular formula is C34H40N8O6S. The molecule has 3 aromatic rings. The van der Waals surface area contributed by atoms with Crippen LogP contribution < -0.4 is 20.7 Å². The number of aliphatic carboxylic acids is 1. The Bertz CT molecular complexity index is 1720. The van der Waals surface area contributed by atoms with E-state index in [4.69, 9.17) is 14.9 Å². The number of nitrogens with zero attached hydrogens (tertiary/aromatic N) is 5. The fraction of sp³-hybridized carbons (Fsp3) is 0.441. The summed E-state index contributed by atoms with van der Waals surface area (Å²) in [6.07, 6.45) is 10.9. The van der Waals surface area contributed by atoms with Gasteiger partial charge in [0, 0.05) is 42.6 Å². The van der Waals surface area contributed by atoms with Gasteiger partial charge in [0.25, 0.3) is 0 Å². The third-order valence-corrected chi connectivity index (χ3v) is 10.1. The summed E-state index contributed by atoms with van der Waals surface area (Å²) in [4.78, 5) is 61.0. The SMILES string of the molecule is C=CCNC(=O)N[C@@H]1CCCCCC=C[C@@H]2C[C@]2(C(=O)O)NC(=O)[C@@H]2C[C@@H](n3nc(-c4ccc(OC)cc4)c(-c4nccs4)n3)CN2C1=O. The van der Waals surface area contributed by atoms with Gasteiger partial charge in [-0.3, -0.25) is 9.59 Å². The van der Waals surface area contributed by atoms with Crippen LogP contribution in [0.15, 0.2) is 60.6 Å². The van der Waals surface area contributed by atoms with Crippen molar-refractivity contribution in [2.24, 2.45) is 5.92 Å². The molecule has 15 heteroatoms. The maximum Gasteiger partial charge on any atom is 0.330 e. The van der Waals surface area contributed by atoms with Gasteiger partial charge in [-0.2, -0.15) is 9.90 Å². The number of rotatable bonds is 8. The number of methoxy groups -OCH3 is 1. The Kier molecular flexibility index (Phi) is 10.1. The molecular weight excluding hydrogens is 648 g/mol.